The molecular formula is C26H21BrCl2N2O4S. The zero-order valence-electron chi connectivity index (χ0n) is 19.3. The number of benzene rings is 3. The summed E-state index contributed by atoms with van der Waals surface area (Å²) < 4.78 is 34.4. The van der Waals surface area contributed by atoms with Crippen molar-refractivity contribution in [3.8, 4) is 11.3 Å². The molecule has 10 heteroatoms. The Kier molecular flexibility index (Phi) is 6.57. The van der Waals surface area contributed by atoms with E-state index in [0.29, 0.717) is 53.7 Å². The van der Waals surface area contributed by atoms with E-state index in [4.69, 9.17) is 27.6 Å². The van der Waals surface area contributed by atoms with E-state index in [1.807, 2.05) is 6.07 Å². The fraction of sp³-hybridized carbons (Fsp3) is 0.192. The number of hydrogen-bond donors (Lipinski definition) is 1. The standard InChI is InChI=1S/C26H21BrCl2N2O4S/c1-30-26(32)24-19-12-18(14-3-4-14)22(13-23(19)35-25(24)15-5-7-16(28)8-6-15)31(36(2,33)34)17-9-10-20(27)21(29)11-17/h5-14H,3-4H2,1-2H3,(H,30,32). The van der Waals surface area contributed by atoms with E-state index in [1.54, 1.807) is 55.6 Å². The molecule has 186 valence electrons. The molecule has 0 radical (unpaired) electrons. The third kappa shape index (κ3) is 4.63. The van der Waals surface area contributed by atoms with Crippen LogP contribution in [0.1, 0.15) is 34.7 Å². The molecule has 0 unspecified atom stereocenters. The average molecular weight is 608 g/mol. The molecule has 0 bridgehead atoms. The minimum absolute atomic E-state index is 0.172. The second-order valence-electron chi connectivity index (χ2n) is 8.70. The van der Waals surface area contributed by atoms with Crippen LogP contribution >= 0.6 is 39.1 Å². The van der Waals surface area contributed by atoms with Crippen LogP contribution < -0.4 is 9.62 Å². The monoisotopic (exact) mass is 606 g/mol. The zero-order valence-corrected chi connectivity index (χ0v) is 23.2. The van der Waals surface area contributed by atoms with Crippen molar-refractivity contribution in [1.29, 1.82) is 0 Å². The number of fused-ring (bicyclic) bond motifs is 1. The SMILES string of the molecule is CNC(=O)c1c(-c2ccc(Cl)cc2)oc2cc(N(c3ccc(Br)c(Cl)c3)S(C)(=O)=O)c(C3CC3)cc12. The number of furan rings is 1. The van der Waals surface area contributed by atoms with Crippen LogP contribution in [0.25, 0.3) is 22.3 Å². The van der Waals surface area contributed by atoms with Crippen molar-refractivity contribution in [3.63, 3.8) is 0 Å². The van der Waals surface area contributed by atoms with Crippen molar-refractivity contribution in [1.82, 2.24) is 5.32 Å². The highest BCUT2D eigenvalue weighted by molar-refractivity contribution is 9.10. The molecule has 3 aromatic carbocycles. The summed E-state index contributed by atoms with van der Waals surface area (Å²) in [5.74, 6) is 0.261. The van der Waals surface area contributed by atoms with Gasteiger partial charge in [0.25, 0.3) is 5.91 Å². The summed E-state index contributed by atoms with van der Waals surface area (Å²) in [4.78, 5) is 13.0. The molecular weight excluding hydrogens is 587 g/mol. The Labute approximate surface area is 227 Å². The second-order valence-corrected chi connectivity index (χ2v) is 12.2. The molecule has 1 N–H and O–H groups in total. The Bertz CT molecular complexity index is 1610. The fourth-order valence-corrected chi connectivity index (χ4v) is 5.88. The molecule has 1 aliphatic carbocycles. The van der Waals surface area contributed by atoms with Crippen LogP contribution in [0.4, 0.5) is 11.4 Å². The van der Waals surface area contributed by atoms with Crippen LogP contribution in [0.3, 0.4) is 0 Å². The Morgan fingerprint density at radius 3 is 2.36 bits per heavy atom. The van der Waals surface area contributed by atoms with Gasteiger partial charge in [-0.2, -0.15) is 0 Å². The van der Waals surface area contributed by atoms with Crippen LogP contribution in [-0.4, -0.2) is 27.6 Å². The Balaban J connectivity index is 1.80. The molecule has 1 saturated carbocycles. The first-order valence-corrected chi connectivity index (χ1v) is 14.5. The van der Waals surface area contributed by atoms with Gasteiger partial charge in [-0.3, -0.25) is 4.79 Å². The number of sulfonamides is 1. The number of amides is 1. The summed E-state index contributed by atoms with van der Waals surface area (Å²) in [6, 6.07) is 15.6. The summed E-state index contributed by atoms with van der Waals surface area (Å²) in [5, 5.41) is 4.26. The number of carbonyl (C=O) groups is 1. The van der Waals surface area contributed by atoms with Gasteiger partial charge in [-0.15, -0.1) is 0 Å². The first kappa shape index (κ1) is 25.1. The lowest BCUT2D eigenvalue weighted by Gasteiger charge is -2.25. The van der Waals surface area contributed by atoms with Gasteiger partial charge in [-0.05, 0) is 88.8 Å². The van der Waals surface area contributed by atoms with Gasteiger partial charge in [0.2, 0.25) is 10.0 Å². The van der Waals surface area contributed by atoms with Crippen LogP contribution in [0, 0.1) is 0 Å². The maximum absolute atomic E-state index is 13.1. The molecule has 1 aliphatic rings. The minimum Gasteiger partial charge on any atom is -0.455 e. The van der Waals surface area contributed by atoms with Crippen LogP contribution in [-0.2, 0) is 10.0 Å². The first-order valence-electron chi connectivity index (χ1n) is 11.1. The number of nitrogens with one attached hydrogen (secondary N) is 1. The molecule has 1 heterocycles. The molecule has 1 amide bonds. The average Bonchev–Trinajstić information content (AvgIpc) is 3.61. The van der Waals surface area contributed by atoms with Crippen LogP contribution in [0.5, 0.6) is 0 Å². The van der Waals surface area contributed by atoms with E-state index < -0.39 is 10.0 Å². The van der Waals surface area contributed by atoms with Gasteiger partial charge in [0.1, 0.15) is 11.3 Å². The fourth-order valence-electron chi connectivity index (χ4n) is 4.32. The highest BCUT2D eigenvalue weighted by Gasteiger charge is 2.34. The zero-order chi connectivity index (χ0) is 25.8. The van der Waals surface area contributed by atoms with E-state index in [9.17, 15) is 13.2 Å². The van der Waals surface area contributed by atoms with Crippen LogP contribution in [0.2, 0.25) is 10.0 Å². The molecule has 4 aromatic rings. The Morgan fingerprint density at radius 2 is 1.78 bits per heavy atom. The number of halogens is 3. The second kappa shape index (κ2) is 9.41. The van der Waals surface area contributed by atoms with Gasteiger partial charge in [0.05, 0.1) is 28.2 Å². The lowest BCUT2D eigenvalue weighted by atomic mass is 10.0. The maximum Gasteiger partial charge on any atom is 0.255 e. The van der Waals surface area contributed by atoms with E-state index in [2.05, 4.69) is 21.2 Å². The molecule has 1 fully saturated rings. The van der Waals surface area contributed by atoms with Crippen molar-refractivity contribution in [3.05, 3.63) is 80.2 Å². The summed E-state index contributed by atoms with van der Waals surface area (Å²) >= 11 is 15.7. The molecule has 0 spiro atoms. The smallest absolute Gasteiger partial charge is 0.255 e. The number of rotatable bonds is 6. The summed E-state index contributed by atoms with van der Waals surface area (Å²) in [6.45, 7) is 0. The predicted octanol–water partition coefficient (Wildman–Crippen LogP) is 7.50. The number of nitrogens with zero attached hydrogens (tertiary/aromatic N) is 1. The minimum atomic E-state index is -3.75. The van der Waals surface area contributed by atoms with Gasteiger partial charge < -0.3 is 9.73 Å². The van der Waals surface area contributed by atoms with Gasteiger partial charge >= 0.3 is 0 Å². The van der Waals surface area contributed by atoms with Crippen molar-refractivity contribution < 1.29 is 17.6 Å². The molecule has 5 rings (SSSR count). The van der Waals surface area contributed by atoms with Crippen LogP contribution in [0.15, 0.2) is 63.5 Å². The maximum atomic E-state index is 13.1. The molecule has 0 aliphatic heterocycles. The third-order valence-electron chi connectivity index (χ3n) is 6.10. The van der Waals surface area contributed by atoms with E-state index in [0.717, 1.165) is 24.7 Å². The van der Waals surface area contributed by atoms with Crippen molar-refractivity contribution in [2.45, 2.75) is 18.8 Å². The van der Waals surface area contributed by atoms with Gasteiger partial charge in [0, 0.05) is 33.6 Å². The Hall–Kier alpha value is -2.52. The molecule has 0 saturated heterocycles. The quantitative estimate of drug-likeness (QED) is 0.246. The number of carbonyl (C=O) groups excluding carboxylic acids is 1. The normalized spacial score (nSPS) is 13.7. The Morgan fingerprint density at radius 1 is 1.08 bits per heavy atom. The highest BCUT2D eigenvalue weighted by Crippen LogP contribution is 2.49. The molecule has 0 atom stereocenters. The summed E-state index contributed by atoms with van der Waals surface area (Å²) in [6.07, 6.45) is 3.00. The lowest BCUT2D eigenvalue weighted by Crippen LogP contribution is -2.25. The predicted molar refractivity (Wildman–Crippen MR) is 148 cm³/mol. The molecule has 1 aromatic heterocycles. The number of anilines is 2. The summed E-state index contributed by atoms with van der Waals surface area (Å²) in [7, 11) is -2.19. The first-order chi connectivity index (χ1) is 17.1. The van der Waals surface area contributed by atoms with E-state index in [-0.39, 0.29) is 11.8 Å². The molecule has 6 nitrogen and oxygen atoms in total. The topological polar surface area (TPSA) is 79.6 Å². The molecule has 36 heavy (non-hydrogen) atoms. The van der Waals surface area contributed by atoms with Gasteiger partial charge in [-0.25, -0.2) is 12.7 Å². The third-order valence-corrected chi connectivity index (χ3v) is 8.66. The van der Waals surface area contributed by atoms with E-state index in [1.165, 1.54) is 4.31 Å². The number of hydrogen-bond acceptors (Lipinski definition) is 4. The van der Waals surface area contributed by atoms with Crippen molar-refractivity contribution in [2.24, 2.45) is 0 Å². The van der Waals surface area contributed by atoms with Gasteiger partial charge in [-0.1, -0.05) is 23.2 Å². The van der Waals surface area contributed by atoms with E-state index >= 15 is 0 Å². The largest absolute Gasteiger partial charge is 0.455 e. The van der Waals surface area contributed by atoms with Gasteiger partial charge in [0.15, 0.2) is 0 Å². The van der Waals surface area contributed by atoms with Crippen molar-refractivity contribution >= 4 is 77.4 Å². The lowest BCUT2D eigenvalue weighted by molar-refractivity contribution is 0.0964. The summed E-state index contributed by atoms with van der Waals surface area (Å²) in [5.41, 5.74) is 3.19. The van der Waals surface area contributed by atoms with Crippen molar-refractivity contribution in [2.75, 3.05) is 17.6 Å². The highest BCUT2D eigenvalue weighted by atomic mass is 79.9.